The van der Waals surface area contributed by atoms with Crippen LogP contribution in [-0.4, -0.2) is 4.98 Å². The van der Waals surface area contributed by atoms with E-state index in [0.717, 1.165) is 21.4 Å². The summed E-state index contributed by atoms with van der Waals surface area (Å²) in [4.78, 5) is 4.57. The Kier molecular flexibility index (Phi) is 2.90. The van der Waals surface area contributed by atoms with Gasteiger partial charge in [-0.25, -0.2) is 4.98 Å². The molecule has 0 aliphatic carbocycles. The van der Waals surface area contributed by atoms with E-state index in [4.69, 9.17) is 0 Å². The maximum absolute atomic E-state index is 4.57. The summed E-state index contributed by atoms with van der Waals surface area (Å²) in [6.45, 7) is 0. The summed E-state index contributed by atoms with van der Waals surface area (Å²) in [5.74, 6) is 0. The molecule has 0 saturated heterocycles. The number of hydrogen-bond donors (Lipinski definition) is 1. The van der Waals surface area contributed by atoms with Gasteiger partial charge >= 0.3 is 0 Å². The van der Waals surface area contributed by atoms with Crippen LogP contribution >= 0.6 is 22.7 Å². The third-order valence-electron chi connectivity index (χ3n) is 2.33. The molecular formula is C13H10N2S2. The molecule has 1 N–H and O–H groups in total. The second-order valence-electron chi connectivity index (χ2n) is 3.51. The lowest BCUT2D eigenvalue weighted by Gasteiger charge is -1.97. The van der Waals surface area contributed by atoms with Gasteiger partial charge in [0.15, 0.2) is 5.13 Å². The lowest BCUT2D eigenvalue weighted by molar-refractivity contribution is 1.39. The highest BCUT2D eigenvalue weighted by Gasteiger charge is 2.04. The van der Waals surface area contributed by atoms with Crippen molar-refractivity contribution in [2.75, 3.05) is 5.32 Å². The van der Waals surface area contributed by atoms with Gasteiger partial charge in [0, 0.05) is 10.9 Å². The smallest absolute Gasteiger partial charge is 0.188 e. The van der Waals surface area contributed by atoms with Crippen molar-refractivity contribution in [1.29, 1.82) is 0 Å². The largest absolute Gasteiger partial charge is 0.323 e. The maximum atomic E-state index is 4.57. The molecule has 3 aromatic rings. The van der Waals surface area contributed by atoms with Crippen molar-refractivity contribution in [2.45, 2.75) is 0 Å². The highest BCUT2D eigenvalue weighted by atomic mass is 32.1. The van der Waals surface area contributed by atoms with Crippen molar-refractivity contribution in [3.05, 3.63) is 53.2 Å². The maximum Gasteiger partial charge on any atom is 0.188 e. The van der Waals surface area contributed by atoms with Crippen LogP contribution in [0.5, 0.6) is 0 Å². The molecule has 0 bridgehead atoms. The van der Waals surface area contributed by atoms with E-state index in [0.29, 0.717) is 0 Å². The SMILES string of the molecule is c1ccc(-c2csc(Nc3cccs3)n2)cc1. The van der Waals surface area contributed by atoms with Crippen molar-refractivity contribution in [3.63, 3.8) is 0 Å². The van der Waals surface area contributed by atoms with Crippen LogP contribution in [0.1, 0.15) is 0 Å². The lowest BCUT2D eigenvalue weighted by atomic mass is 10.2. The van der Waals surface area contributed by atoms with Crippen molar-refractivity contribution >= 4 is 32.8 Å². The number of hydrogen-bond acceptors (Lipinski definition) is 4. The van der Waals surface area contributed by atoms with Crippen LogP contribution in [-0.2, 0) is 0 Å². The molecule has 0 saturated carbocycles. The molecule has 17 heavy (non-hydrogen) atoms. The quantitative estimate of drug-likeness (QED) is 0.741. The highest BCUT2D eigenvalue weighted by Crippen LogP contribution is 2.28. The van der Waals surface area contributed by atoms with Gasteiger partial charge in [-0.3, -0.25) is 0 Å². The number of nitrogens with one attached hydrogen (secondary N) is 1. The molecule has 2 aromatic heterocycles. The van der Waals surface area contributed by atoms with E-state index in [1.807, 2.05) is 35.7 Å². The van der Waals surface area contributed by atoms with Crippen LogP contribution in [0, 0.1) is 0 Å². The molecule has 84 valence electrons. The van der Waals surface area contributed by atoms with Crippen LogP contribution in [0.15, 0.2) is 53.2 Å². The Labute approximate surface area is 108 Å². The molecule has 0 aliphatic heterocycles. The fourth-order valence-electron chi connectivity index (χ4n) is 1.53. The first-order valence-electron chi connectivity index (χ1n) is 5.23. The van der Waals surface area contributed by atoms with Crippen LogP contribution in [0.4, 0.5) is 10.1 Å². The van der Waals surface area contributed by atoms with Crippen molar-refractivity contribution in [2.24, 2.45) is 0 Å². The van der Waals surface area contributed by atoms with Crippen LogP contribution in [0.3, 0.4) is 0 Å². The summed E-state index contributed by atoms with van der Waals surface area (Å²) in [5, 5.41) is 9.48. The molecule has 0 radical (unpaired) electrons. The number of benzene rings is 1. The van der Waals surface area contributed by atoms with Crippen LogP contribution < -0.4 is 5.32 Å². The minimum absolute atomic E-state index is 0.936. The molecule has 3 rings (SSSR count). The monoisotopic (exact) mass is 258 g/mol. The predicted octanol–water partition coefficient (Wildman–Crippen LogP) is 4.62. The Hall–Kier alpha value is -1.65. The zero-order valence-electron chi connectivity index (χ0n) is 8.96. The highest BCUT2D eigenvalue weighted by molar-refractivity contribution is 7.16. The van der Waals surface area contributed by atoms with E-state index >= 15 is 0 Å². The number of anilines is 2. The molecule has 0 atom stereocenters. The van der Waals surface area contributed by atoms with Gasteiger partial charge in [0.2, 0.25) is 0 Å². The second-order valence-corrected chi connectivity index (χ2v) is 5.31. The standard InChI is InChI=1S/C13H10N2S2/c1-2-5-10(6-3-1)11-9-17-13(14-11)15-12-7-4-8-16-12/h1-9H,(H,14,15). The third-order valence-corrected chi connectivity index (χ3v) is 3.87. The molecule has 2 nitrogen and oxygen atoms in total. The van der Waals surface area contributed by atoms with Gasteiger partial charge in [-0.15, -0.1) is 22.7 Å². The number of nitrogens with zero attached hydrogens (tertiary/aromatic N) is 1. The molecule has 1 aromatic carbocycles. The minimum atomic E-state index is 0.936. The molecule has 0 amide bonds. The molecule has 0 unspecified atom stereocenters. The Morgan fingerprint density at radius 3 is 2.59 bits per heavy atom. The van der Waals surface area contributed by atoms with E-state index in [2.05, 4.69) is 27.8 Å². The topological polar surface area (TPSA) is 24.9 Å². The Morgan fingerprint density at radius 2 is 1.82 bits per heavy atom. The Morgan fingerprint density at radius 1 is 0.941 bits per heavy atom. The van der Waals surface area contributed by atoms with Crippen LogP contribution in [0.2, 0.25) is 0 Å². The number of thiazole rings is 1. The zero-order chi connectivity index (χ0) is 11.5. The summed E-state index contributed by atoms with van der Waals surface area (Å²) in [6.07, 6.45) is 0. The van der Waals surface area contributed by atoms with E-state index in [1.54, 1.807) is 22.7 Å². The van der Waals surface area contributed by atoms with Crippen LogP contribution in [0.25, 0.3) is 11.3 Å². The van der Waals surface area contributed by atoms with Crippen molar-refractivity contribution in [3.8, 4) is 11.3 Å². The Bertz CT molecular complexity index is 585. The fourth-order valence-corrected chi connectivity index (χ4v) is 2.94. The summed E-state index contributed by atoms with van der Waals surface area (Å²) < 4.78 is 0. The molecule has 0 aliphatic rings. The second kappa shape index (κ2) is 4.69. The van der Waals surface area contributed by atoms with E-state index < -0.39 is 0 Å². The summed E-state index contributed by atoms with van der Waals surface area (Å²) in [5.41, 5.74) is 2.18. The number of thiophene rings is 1. The van der Waals surface area contributed by atoms with Gasteiger partial charge in [-0.2, -0.15) is 0 Å². The average Bonchev–Trinajstić information content (AvgIpc) is 3.02. The molecule has 4 heteroatoms. The molecule has 2 heterocycles. The first-order valence-corrected chi connectivity index (χ1v) is 6.99. The lowest BCUT2D eigenvalue weighted by Crippen LogP contribution is -1.85. The van der Waals surface area contributed by atoms with E-state index in [9.17, 15) is 0 Å². The van der Waals surface area contributed by atoms with Gasteiger partial charge in [-0.05, 0) is 17.5 Å². The first-order chi connectivity index (χ1) is 8.42. The Balaban J connectivity index is 1.84. The number of aromatic nitrogens is 1. The molecule has 0 spiro atoms. The van der Waals surface area contributed by atoms with Gasteiger partial charge in [-0.1, -0.05) is 30.3 Å². The first kappa shape index (κ1) is 10.5. The molecular weight excluding hydrogens is 248 g/mol. The van der Waals surface area contributed by atoms with E-state index in [-0.39, 0.29) is 0 Å². The molecule has 0 fully saturated rings. The van der Waals surface area contributed by atoms with Gasteiger partial charge in [0.1, 0.15) is 0 Å². The van der Waals surface area contributed by atoms with Gasteiger partial charge in [0.05, 0.1) is 10.7 Å². The van der Waals surface area contributed by atoms with Crippen molar-refractivity contribution < 1.29 is 0 Å². The fraction of sp³-hybridized carbons (Fsp3) is 0. The average molecular weight is 258 g/mol. The normalized spacial score (nSPS) is 10.4. The van der Waals surface area contributed by atoms with Crippen molar-refractivity contribution in [1.82, 2.24) is 4.98 Å². The zero-order valence-corrected chi connectivity index (χ0v) is 10.6. The number of rotatable bonds is 3. The predicted molar refractivity (Wildman–Crippen MR) is 75.2 cm³/mol. The summed E-state index contributed by atoms with van der Waals surface area (Å²) in [6, 6.07) is 14.3. The van der Waals surface area contributed by atoms with Gasteiger partial charge < -0.3 is 5.32 Å². The van der Waals surface area contributed by atoms with Gasteiger partial charge in [0.25, 0.3) is 0 Å². The summed E-state index contributed by atoms with van der Waals surface area (Å²) in [7, 11) is 0. The summed E-state index contributed by atoms with van der Waals surface area (Å²) >= 11 is 3.31. The van der Waals surface area contributed by atoms with E-state index in [1.165, 1.54) is 0 Å². The minimum Gasteiger partial charge on any atom is -0.323 e. The third kappa shape index (κ3) is 2.38.